The largest absolute Gasteiger partial charge is 6.00 e. The first-order valence-corrected chi connectivity index (χ1v) is 11.8. The predicted octanol–water partition coefficient (Wildman–Crippen LogP) is 7.81. The summed E-state index contributed by atoms with van der Waals surface area (Å²) in [4.78, 5) is 0. The van der Waals surface area contributed by atoms with E-state index in [9.17, 15) is 5.16 Å². The maximum absolute atomic E-state index is 9.25. The van der Waals surface area contributed by atoms with E-state index in [1.165, 1.54) is 20.6 Å². The Morgan fingerprint density at radius 1 is 0.486 bits per heavy atom. The van der Waals surface area contributed by atoms with Crippen molar-refractivity contribution in [2.75, 3.05) is 0 Å². The van der Waals surface area contributed by atoms with Crippen LogP contribution in [0.25, 0.3) is 33.9 Å². The monoisotopic (exact) mass is 593 g/mol. The van der Waals surface area contributed by atoms with Gasteiger partial charge in [0.2, 0.25) is 0 Å². The van der Waals surface area contributed by atoms with Crippen LogP contribution in [0.15, 0.2) is 91.0 Å². The van der Waals surface area contributed by atoms with E-state index in [0.29, 0.717) is 0 Å². The van der Waals surface area contributed by atoms with Crippen molar-refractivity contribution in [3.8, 4) is 0 Å². The SMILES string of the molecule is N=P(c1ccccc1)(c1ccccc1)c1ccccc1.[Cr+6].[N-]=C=S.[N-]=C=S.[N-]=C=S.[N-]=C=S.[NH2-].[NH2-]. The molecule has 0 unspecified atom stereocenters. The fourth-order valence-corrected chi connectivity index (χ4v) is 5.15. The van der Waals surface area contributed by atoms with E-state index in [4.69, 9.17) is 21.6 Å². The Morgan fingerprint density at radius 2 is 0.629 bits per heavy atom. The van der Waals surface area contributed by atoms with E-state index in [1.807, 2.05) is 54.6 Å². The molecule has 7 nitrogen and oxygen atoms in total. The van der Waals surface area contributed by atoms with Gasteiger partial charge in [0.1, 0.15) is 0 Å². The third-order valence-corrected chi connectivity index (χ3v) is 6.65. The van der Waals surface area contributed by atoms with Crippen molar-refractivity contribution in [2.24, 2.45) is 0 Å². The normalized spacial score (nSPS) is 7.31. The van der Waals surface area contributed by atoms with Crippen LogP contribution < -0.4 is 15.9 Å². The first-order chi connectivity index (χ1) is 15.5. The van der Waals surface area contributed by atoms with Crippen LogP contribution >= 0.6 is 55.9 Å². The molecule has 35 heavy (non-hydrogen) atoms. The molecule has 178 valence electrons. The van der Waals surface area contributed by atoms with Crippen LogP contribution in [-0.4, -0.2) is 20.6 Å². The summed E-state index contributed by atoms with van der Waals surface area (Å²) in [7, 11) is -2.28. The molecule has 0 aliphatic rings. The van der Waals surface area contributed by atoms with Crippen molar-refractivity contribution in [3.05, 3.63) is 125 Å². The molecule has 5 N–H and O–H groups in total. The first kappa shape index (κ1) is 42.7. The number of benzene rings is 3. The second-order valence-electron chi connectivity index (χ2n) is 5.04. The number of thiocarbonyl (C=S) groups is 4. The molecule has 0 saturated heterocycles. The average Bonchev–Trinajstić information content (AvgIpc) is 2.82. The molecule has 3 aromatic carbocycles. The predicted molar refractivity (Wildman–Crippen MR) is 162 cm³/mol. The molecule has 0 aliphatic heterocycles. The number of isothiocyanates is 4. The zero-order chi connectivity index (χ0) is 24.7. The van der Waals surface area contributed by atoms with Gasteiger partial charge in [0.05, 0.1) is 7.05 Å². The van der Waals surface area contributed by atoms with Gasteiger partial charge in [0.25, 0.3) is 0 Å². The third-order valence-electron chi connectivity index (χ3n) is 3.43. The second-order valence-corrected chi connectivity index (χ2v) is 8.66. The number of rotatable bonds is 3. The molecule has 0 radical (unpaired) electrons. The van der Waals surface area contributed by atoms with E-state index >= 15 is 0 Å². The van der Waals surface area contributed by atoms with Crippen LogP contribution in [0.3, 0.4) is 0 Å². The Bertz CT molecular complexity index is 943. The number of nitrogens with zero attached hydrogens (tertiary/aromatic N) is 4. The smallest absolute Gasteiger partial charge is 0.753 e. The standard InChI is InChI=1S/C18H16NP.4CNS.Cr.2H2N/c19-20(16-10-4-1-5-11-16,17-12-6-2-7-13-17)18-14-8-3-9-15-18;4*2-1-3;;;/h1-15,19H;;;;;;2*1H2/q;4*-1;+6;2*-1. The van der Waals surface area contributed by atoms with Gasteiger partial charge in [0, 0.05) is 0 Å². The van der Waals surface area contributed by atoms with Gasteiger partial charge in [-0.1, -0.05) is 140 Å². The van der Waals surface area contributed by atoms with Crippen LogP contribution in [0.2, 0.25) is 0 Å². The Kier molecular flexibility index (Phi) is 36.1. The number of hydrogen-bond acceptors (Lipinski definition) is 5. The number of nitrogens with one attached hydrogen (secondary N) is 1. The van der Waals surface area contributed by atoms with Gasteiger partial charge in [-0.05, 0) is 15.9 Å². The van der Waals surface area contributed by atoms with Crippen molar-refractivity contribution in [1.82, 2.24) is 0 Å². The van der Waals surface area contributed by atoms with E-state index in [1.54, 1.807) is 0 Å². The zero-order valence-electron chi connectivity index (χ0n) is 18.1. The van der Waals surface area contributed by atoms with Crippen LogP contribution in [0.1, 0.15) is 0 Å². The molecule has 0 aromatic heterocycles. The summed E-state index contributed by atoms with van der Waals surface area (Å²) in [5.41, 5.74) is 0. The van der Waals surface area contributed by atoms with Crippen molar-refractivity contribution in [1.29, 1.82) is 5.16 Å². The Hall–Kier alpha value is -2.46. The van der Waals surface area contributed by atoms with Crippen LogP contribution in [0.4, 0.5) is 0 Å². The molecule has 0 atom stereocenters. The molecule has 3 rings (SSSR count). The summed E-state index contributed by atoms with van der Waals surface area (Å²) in [6, 6.07) is 30.5. The molecule has 0 spiro atoms. The van der Waals surface area contributed by atoms with Crippen molar-refractivity contribution in [2.45, 2.75) is 0 Å². The number of nitrogens with two attached hydrogens (primary N) is 2. The third kappa shape index (κ3) is 17.6. The van der Waals surface area contributed by atoms with Crippen LogP contribution in [0.5, 0.6) is 0 Å². The zero-order valence-corrected chi connectivity index (χ0v) is 23.5. The summed E-state index contributed by atoms with van der Waals surface area (Å²) < 4.78 is 0. The van der Waals surface area contributed by atoms with Gasteiger partial charge in [-0.2, -0.15) is 20.6 Å². The minimum Gasteiger partial charge on any atom is -0.753 e. The molecule has 0 aliphatic carbocycles. The molecule has 3 aromatic rings. The topological polar surface area (TPSA) is 180 Å². The summed E-state index contributed by atoms with van der Waals surface area (Å²) in [5.74, 6) is 0. The fourth-order valence-electron chi connectivity index (χ4n) is 2.40. The van der Waals surface area contributed by atoms with Crippen molar-refractivity contribution < 1.29 is 17.4 Å². The molecule has 0 fully saturated rings. The van der Waals surface area contributed by atoms with Crippen LogP contribution in [0, 0.1) is 5.16 Å². The van der Waals surface area contributed by atoms with Gasteiger partial charge >= 0.3 is 17.4 Å². The molecule has 13 heteroatoms. The van der Waals surface area contributed by atoms with E-state index in [0.717, 1.165) is 15.9 Å². The van der Waals surface area contributed by atoms with Gasteiger partial charge in [-0.25, -0.2) is 0 Å². The van der Waals surface area contributed by atoms with Crippen LogP contribution in [-0.2, 0) is 17.4 Å². The summed E-state index contributed by atoms with van der Waals surface area (Å²) in [6.45, 7) is 0. The molecular formula is C22H20CrN7PS4. The fraction of sp³-hybridized carbons (Fsp3) is 0. The Balaban J connectivity index is -0.000000172. The second kappa shape index (κ2) is 29.6. The van der Waals surface area contributed by atoms with E-state index in [-0.39, 0.29) is 29.7 Å². The number of hydrogen-bond donors (Lipinski definition) is 1. The minimum atomic E-state index is -2.28. The van der Waals surface area contributed by atoms with Crippen molar-refractivity contribution in [3.63, 3.8) is 0 Å². The Morgan fingerprint density at radius 3 is 0.771 bits per heavy atom. The minimum absolute atomic E-state index is 0. The molecular weight excluding hydrogens is 574 g/mol. The molecule has 0 bridgehead atoms. The summed E-state index contributed by atoms with van der Waals surface area (Å²) in [6.07, 6.45) is 0. The van der Waals surface area contributed by atoms with Gasteiger partial charge in [-0.3, -0.25) is 0 Å². The quantitative estimate of drug-likeness (QED) is 0.185. The van der Waals surface area contributed by atoms with Gasteiger partial charge in [-0.15, -0.1) is 0 Å². The molecule has 0 saturated carbocycles. The van der Waals surface area contributed by atoms with E-state index in [2.05, 4.69) is 85.3 Å². The Labute approximate surface area is 238 Å². The molecule has 0 heterocycles. The maximum atomic E-state index is 9.25. The average molecular weight is 594 g/mol. The summed E-state index contributed by atoms with van der Waals surface area (Å²) in [5, 5.41) is 46.4. The van der Waals surface area contributed by atoms with Crippen molar-refractivity contribution >= 4 is 92.5 Å². The van der Waals surface area contributed by atoms with E-state index < -0.39 is 7.05 Å². The first-order valence-electron chi connectivity index (χ1n) is 8.34. The van der Waals surface area contributed by atoms with Gasteiger partial charge < -0.3 is 39.1 Å². The summed E-state index contributed by atoms with van der Waals surface area (Å²) >= 11 is 14.8. The maximum Gasteiger partial charge on any atom is 6.00 e. The molecule has 0 amide bonds. The van der Waals surface area contributed by atoms with Gasteiger partial charge in [0.15, 0.2) is 0 Å².